The van der Waals surface area contributed by atoms with Crippen LogP contribution in [-0.4, -0.2) is 30.3 Å². The van der Waals surface area contributed by atoms with Crippen LogP contribution in [-0.2, 0) is 10.0 Å². The van der Waals surface area contributed by atoms with Gasteiger partial charge in [-0.1, -0.05) is 24.4 Å². The molecule has 2 aliphatic rings. The molecule has 0 bridgehead atoms. The van der Waals surface area contributed by atoms with Gasteiger partial charge in [0, 0.05) is 18.8 Å². The molecular weight excluding hydrogens is 296 g/mol. The van der Waals surface area contributed by atoms with Gasteiger partial charge in [-0.05, 0) is 43.7 Å². The van der Waals surface area contributed by atoms with Crippen LogP contribution >= 0.6 is 11.6 Å². The molecule has 1 atom stereocenters. The molecule has 0 N–H and O–H groups in total. The second-order valence-electron chi connectivity index (χ2n) is 5.69. The van der Waals surface area contributed by atoms with Gasteiger partial charge >= 0.3 is 0 Å². The minimum atomic E-state index is -3.43. The van der Waals surface area contributed by atoms with Crippen LogP contribution in [0.25, 0.3) is 0 Å². The number of hydrogen-bond acceptors (Lipinski definition) is 3. The highest BCUT2D eigenvalue weighted by Crippen LogP contribution is 2.37. The van der Waals surface area contributed by atoms with E-state index in [9.17, 15) is 8.42 Å². The highest BCUT2D eigenvalue weighted by molar-refractivity contribution is 7.89. The fourth-order valence-electron chi connectivity index (χ4n) is 3.53. The van der Waals surface area contributed by atoms with E-state index in [1.807, 2.05) is 0 Å². The maximum absolute atomic E-state index is 12.8. The summed E-state index contributed by atoms with van der Waals surface area (Å²) in [4.78, 5) is 4.16. The lowest BCUT2D eigenvalue weighted by Crippen LogP contribution is -2.39. The van der Waals surface area contributed by atoms with Crippen LogP contribution in [0.2, 0.25) is 5.15 Å². The first-order valence-corrected chi connectivity index (χ1v) is 9.04. The third kappa shape index (κ3) is 2.59. The zero-order valence-electron chi connectivity index (χ0n) is 11.3. The Hall–Kier alpha value is -0.650. The largest absolute Gasteiger partial charge is 0.244 e. The van der Waals surface area contributed by atoms with Gasteiger partial charge in [0.25, 0.3) is 0 Å². The van der Waals surface area contributed by atoms with Crippen molar-refractivity contribution in [1.29, 1.82) is 0 Å². The molecule has 1 aliphatic carbocycles. The molecule has 2 fully saturated rings. The first-order valence-electron chi connectivity index (χ1n) is 7.22. The number of halogens is 1. The van der Waals surface area contributed by atoms with E-state index in [1.54, 1.807) is 10.4 Å². The molecule has 1 unspecified atom stereocenters. The number of rotatable bonds is 3. The highest BCUT2D eigenvalue weighted by Gasteiger charge is 2.40. The van der Waals surface area contributed by atoms with E-state index in [1.165, 1.54) is 25.1 Å². The molecule has 3 rings (SSSR count). The maximum atomic E-state index is 12.8. The highest BCUT2D eigenvalue weighted by atomic mass is 35.5. The molecular formula is C14H19ClN2O2S. The average Bonchev–Trinajstić information content (AvgIpc) is 3.10. The van der Waals surface area contributed by atoms with Gasteiger partial charge in [-0.25, -0.2) is 13.4 Å². The van der Waals surface area contributed by atoms with Gasteiger partial charge in [-0.3, -0.25) is 0 Å². The molecule has 110 valence electrons. The fourth-order valence-corrected chi connectivity index (χ4v) is 5.34. The second-order valence-corrected chi connectivity index (χ2v) is 7.96. The van der Waals surface area contributed by atoms with Crippen LogP contribution in [0.3, 0.4) is 0 Å². The molecule has 1 saturated carbocycles. The van der Waals surface area contributed by atoms with Crippen LogP contribution in [0.15, 0.2) is 23.2 Å². The van der Waals surface area contributed by atoms with Crippen molar-refractivity contribution in [3.63, 3.8) is 0 Å². The van der Waals surface area contributed by atoms with Crippen molar-refractivity contribution in [3.05, 3.63) is 23.5 Å². The van der Waals surface area contributed by atoms with E-state index in [0.29, 0.717) is 17.6 Å². The van der Waals surface area contributed by atoms with Gasteiger partial charge in [-0.15, -0.1) is 0 Å². The standard InChI is InChI=1S/C14H19ClN2O2S/c15-14-8-7-12(10-16-14)20(18,19)17-9-3-6-13(17)11-4-1-2-5-11/h7-8,10-11,13H,1-6,9H2. The lowest BCUT2D eigenvalue weighted by molar-refractivity contribution is 0.288. The van der Waals surface area contributed by atoms with E-state index in [2.05, 4.69) is 4.98 Å². The van der Waals surface area contributed by atoms with Crippen LogP contribution in [0.5, 0.6) is 0 Å². The third-order valence-electron chi connectivity index (χ3n) is 4.50. The average molecular weight is 315 g/mol. The fraction of sp³-hybridized carbons (Fsp3) is 0.643. The summed E-state index contributed by atoms with van der Waals surface area (Å²) in [5.74, 6) is 0.535. The summed E-state index contributed by atoms with van der Waals surface area (Å²) < 4.78 is 27.2. The molecule has 1 aromatic heterocycles. The van der Waals surface area contributed by atoms with Crippen molar-refractivity contribution in [2.24, 2.45) is 5.92 Å². The third-order valence-corrected chi connectivity index (χ3v) is 6.63. The van der Waals surface area contributed by atoms with Crippen molar-refractivity contribution < 1.29 is 8.42 Å². The Morgan fingerprint density at radius 2 is 1.90 bits per heavy atom. The Morgan fingerprint density at radius 3 is 2.55 bits per heavy atom. The molecule has 6 heteroatoms. The van der Waals surface area contributed by atoms with E-state index < -0.39 is 10.0 Å². The number of hydrogen-bond donors (Lipinski definition) is 0. The minimum absolute atomic E-state index is 0.179. The summed E-state index contributed by atoms with van der Waals surface area (Å²) in [6.45, 7) is 0.631. The lowest BCUT2D eigenvalue weighted by Gasteiger charge is -2.28. The molecule has 0 aromatic carbocycles. The zero-order chi connectivity index (χ0) is 14.2. The summed E-state index contributed by atoms with van der Waals surface area (Å²) >= 11 is 5.73. The molecule has 0 radical (unpaired) electrons. The minimum Gasteiger partial charge on any atom is -0.243 e. The van der Waals surface area contributed by atoms with Gasteiger partial charge in [0.1, 0.15) is 10.0 Å². The van der Waals surface area contributed by atoms with Crippen LogP contribution in [0.4, 0.5) is 0 Å². The first-order chi connectivity index (χ1) is 9.59. The van der Waals surface area contributed by atoms with Crippen molar-refractivity contribution >= 4 is 21.6 Å². The second kappa shape index (κ2) is 5.62. The zero-order valence-corrected chi connectivity index (χ0v) is 12.9. The predicted octanol–water partition coefficient (Wildman–Crippen LogP) is 3.08. The normalized spacial score (nSPS) is 25.4. The van der Waals surface area contributed by atoms with E-state index in [0.717, 1.165) is 25.7 Å². The van der Waals surface area contributed by atoms with Gasteiger partial charge in [0.15, 0.2) is 0 Å². The Balaban J connectivity index is 1.87. The molecule has 0 spiro atoms. The number of nitrogens with zero attached hydrogens (tertiary/aromatic N) is 2. The SMILES string of the molecule is O=S(=O)(c1ccc(Cl)nc1)N1CCCC1C1CCCC1. The Morgan fingerprint density at radius 1 is 1.15 bits per heavy atom. The molecule has 0 amide bonds. The predicted molar refractivity (Wildman–Crippen MR) is 78.1 cm³/mol. The van der Waals surface area contributed by atoms with Crippen LogP contribution < -0.4 is 0 Å². The summed E-state index contributed by atoms with van der Waals surface area (Å²) in [5.41, 5.74) is 0. The maximum Gasteiger partial charge on any atom is 0.244 e. The number of sulfonamides is 1. The monoisotopic (exact) mass is 314 g/mol. The first kappa shape index (κ1) is 14.3. The quantitative estimate of drug-likeness (QED) is 0.806. The topological polar surface area (TPSA) is 50.3 Å². The van der Waals surface area contributed by atoms with E-state index in [4.69, 9.17) is 11.6 Å². The molecule has 20 heavy (non-hydrogen) atoms. The van der Waals surface area contributed by atoms with Crippen LogP contribution in [0, 0.1) is 5.92 Å². The summed E-state index contributed by atoms with van der Waals surface area (Å²) in [5, 5.41) is 0.317. The van der Waals surface area contributed by atoms with Crippen molar-refractivity contribution in [3.8, 4) is 0 Å². The van der Waals surface area contributed by atoms with E-state index >= 15 is 0 Å². The molecule has 2 heterocycles. The Bertz CT molecular complexity index is 567. The van der Waals surface area contributed by atoms with Crippen molar-refractivity contribution in [2.75, 3.05) is 6.54 Å². The number of aromatic nitrogens is 1. The van der Waals surface area contributed by atoms with Gasteiger partial charge in [0.2, 0.25) is 10.0 Å². The molecule has 4 nitrogen and oxygen atoms in total. The summed E-state index contributed by atoms with van der Waals surface area (Å²) in [6, 6.07) is 3.27. The Kier molecular flexibility index (Phi) is 4.02. The Labute approximate surface area is 125 Å². The van der Waals surface area contributed by atoms with Gasteiger partial charge in [0.05, 0.1) is 0 Å². The van der Waals surface area contributed by atoms with E-state index in [-0.39, 0.29) is 10.9 Å². The number of pyridine rings is 1. The molecule has 1 saturated heterocycles. The van der Waals surface area contributed by atoms with Gasteiger partial charge < -0.3 is 0 Å². The summed E-state index contributed by atoms with van der Waals surface area (Å²) in [6.07, 6.45) is 8.11. The molecule has 1 aromatic rings. The van der Waals surface area contributed by atoms with Crippen molar-refractivity contribution in [1.82, 2.24) is 9.29 Å². The summed E-state index contributed by atoms with van der Waals surface area (Å²) in [7, 11) is -3.43. The smallest absolute Gasteiger partial charge is 0.243 e. The lowest BCUT2D eigenvalue weighted by atomic mass is 9.97. The van der Waals surface area contributed by atoms with Crippen molar-refractivity contribution in [2.45, 2.75) is 49.5 Å². The van der Waals surface area contributed by atoms with Gasteiger partial charge in [-0.2, -0.15) is 4.31 Å². The molecule has 1 aliphatic heterocycles. The van der Waals surface area contributed by atoms with Crippen LogP contribution in [0.1, 0.15) is 38.5 Å².